The Balaban J connectivity index is 1.28. The van der Waals surface area contributed by atoms with Gasteiger partial charge in [0.25, 0.3) is 0 Å². The second-order valence-electron chi connectivity index (χ2n) is 9.19. The molecule has 0 aromatic carbocycles. The summed E-state index contributed by atoms with van der Waals surface area (Å²) in [6, 6.07) is 11.7. The molecule has 5 aromatic heterocycles. The average molecular weight is 540 g/mol. The van der Waals surface area contributed by atoms with Crippen LogP contribution in [0.4, 0.5) is 15.9 Å². The van der Waals surface area contributed by atoms with E-state index in [1.54, 1.807) is 35.4 Å². The first-order chi connectivity index (χ1) is 19.6. The van der Waals surface area contributed by atoms with E-state index in [4.69, 9.17) is 14.5 Å². The van der Waals surface area contributed by atoms with Gasteiger partial charge >= 0.3 is 0 Å². The standard InChI is InChI=1S/C28H26FN9O2/c1-2-36(22-4-6-27(33-14-22)37-16-21(29)13-35-37)26-5-3-19(11-32-26)25-9-23(40-18-24-15-31-7-8-39-24)17-38-28(25)20(10-30)12-34-38/h3-6,9,11-14,16-17,24,31H,2,7-8,15,18H2,1H3/t24-/m1/s1. The van der Waals surface area contributed by atoms with E-state index in [9.17, 15) is 9.65 Å². The zero-order valence-electron chi connectivity index (χ0n) is 21.7. The second-order valence-corrected chi connectivity index (χ2v) is 9.19. The van der Waals surface area contributed by atoms with Crippen LogP contribution in [0.1, 0.15) is 12.5 Å². The number of nitrogens with one attached hydrogen (secondary N) is 1. The summed E-state index contributed by atoms with van der Waals surface area (Å²) in [6.07, 6.45) is 9.17. The van der Waals surface area contributed by atoms with Gasteiger partial charge in [0, 0.05) is 37.0 Å². The normalized spacial score (nSPS) is 15.2. The van der Waals surface area contributed by atoms with Crippen molar-refractivity contribution in [3.8, 4) is 28.8 Å². The number of aromatic nitrogens is 6. The smallest absolute Gasteiger partial charge is 0.161 e. The molecule has 1 N–H and O–H groups in total. The van der Waals surface area contributed by atoms with Gasteiger partial charge in [0.1, 0.15) is 30.3 Å². The van der Waals surface area contributed by atoms with Gasteiger partial charge in [-0.25, -0.2) is 23.6 Å². The molecule has 1 aliphatic rings. The fourth-order valence-electron chi connectivity index (χ4n) is 4.68. The molecule has 1 atom stereocenters. The molecule has 0 radical (unpaired) electrons. The van der Waals surface area contributed by atoms with Crippen molar-refractivity contribution in [3.05, 3.63) is 78.9 Å². The van der Waals surface area contributed by atoms with Crippen LogP contribution in [-0.4, -0.2) is 68.3 Å². The number of anilines is 2. The lowest BCUT2D eigenvalue weighted by molar-refractivity contribution is 0.000108. The molecule has 0 aliphatic carbocycles. The number of rotatable bonds is 8. The molecule has 0 unspecified atom stereocenters. The number of fused-ring (bicyclic) bond motifs is 1. The molecule has 6 rings (SSSR count). The summed E-state index contributed by atoms with van der Waals surface area (Å²) in [4.78, 5) is 11.2. The highest BCUT2D eigenvalue weighted by atomic mass is 19.1. The number of nitrogens with zero attached hydrogens (tertiary/aromatic N) is 8. The number of halogens is 1. The van der Waals surface area contributed by atoms with Crippen LogP contribution in [-0.2, 0) is 4.74 Å². The summed E-state index contributed by atoms with van der Waals surface area (Å²) in [5, 5.41) is 21.3. The van der Waals surface area contributed by atoms with Gasteiger partial charge in [-0.15, -0.1) is 0 Å². The number of hydrogen-bond donors (Lipinski definition) is 1. The third kappa shape index (κ3) is 5.07. The van der Waals surface area contributed by atoms with E-state index in [-0.39, 0.29) is 6.10 Å². The van der Waals surface area contributed by atoms with Crippen molar-refractivity contribution in [2.45, 2.75) is 13.0 Å². The maximum atomic E-state index is 13.3. The molecule has 12 heteroatoms. The molecule has 1 fully saturated rings. The van der Waals surface area contributed by atoms with E-state index in [1.165, 1.54) is 10.9 Å². The number of nitriles is 1. The van der Waals surface area contributed by atoms with Crippen LogP contribution in [0, 0.1) is 17.1 Å². The maximum absolute atomic E-state index is 13.3. The van der Waals surface area contributed by atoms with Crippen LogP contribution >= 0.6 is 0 Å². The van der Waals surface area contributed by atoms with Gasteiger partial charge in [0.15, 0.2) is 11.6 Å². The minimum Gasteiger partial charge on any atom is -0.489 e. The minimum atomic E-state index is -0.423. The monoisotopic (exact) mass is 539 g/mol. The number of morpholine rings is 1. The molecule has 0 amide bonds. The first-order valence-corrected chi connectivity index (χ1v) is 12.9. The molecule has 1 aliphatic heterocycles. The molecule has 0 bridgehead atoms. The van der Waals surface area contributed by atoms with Gasteiger partial charge in [-0.2, -0.15) is 15.5 Å². The SMILES string of the molecule is CCN(c1ccc(-n2cc(F)cn2)nc1)c1ccc(-c2cc(OC[C@H]3CNCCO3)cn3ncc(C#N)c23)cn1. The van der Waals surface area contributed by atoms with E-state index in [2.05, 4.69) is 26.6 Å². The summed E-state index contributed by atoms with van der Waals surface area (Å²) in [5.74, 6) is 1.43. The van der Waals surface area contributed by atoms with Gasteiger partial charge in [-0.1, -0.05) is 0 Å². The molecule has 40 heavy (non-hydrogen) atoms. The van der Waals surface area contributed by atoms with Gasteiger partial charge in [-0.3, -0.25) is 0 Å². The highest BCUT2D eigenvalue weighted by Gasteiger charge is 2.18. The number of hydrogen-bond acceptors (Lipinski definition) is 9. The van der Waals surface area contributed by atoms with Crippen LogP contribution < -0.4 is 15.0 Å². The van der Waals surface area contributed by atoms with E-state index in [0.717, 1.165) is 41.9 Å². The van der Waals surface area contributed by atoms with Crippen molar-refractivity contribution >= 4 is 17.0 Å². The van der Waals surface area contributed by atoms with Gasteiger partial charge in [0.2, 0.25) is 0 Å². The van der Waals surface area contributed by atoms with Crippen molar-refractivity contribution < 1.29 is 13.9 Å². The zero-order valence-corrected chi connectivity index (χ0v) is 21.7. The topological polar surface area (TPSA) is 118 Å². The third-order valence-electron chi connectivity index (χ3n) is 6.63. The van der Waals surface area contributed by atoms with E-state index in [0.29, 0.717) is 42.4 Å². The molecule has 202 valence electrons. The van der Waals surface area contributed by atoms with Crippen LogP contribution in [0.25, 0.3) is 22.5 Å². The predicted molar refractivity (Wildman–Crippen MR) is 145 cm³/mol. The lowest BCUT2D eigenvalue weighted by atomic mass is 10.1. The van der Waals surface area contributed by atoms with Crippen molar-refractivity contribution in [1.82, 2.24) is 34.7 Å². The lowest BCUT2D eigenvalue weighted by Crippen LogP contribution is -2.41. The molecular weight excluding hydrogens is 513 g/mol. The van der Waals surface area contributed by atoms with Gasteiger partial charge in [-0.05, 0) is 37.3 Å². The molecule has 0 saturated carbocycles. The quantitative estimate of drug-likeness (QED) is 0.316. The Kier molecular flexibility index (Phi) is 7.05. The Labute approximate surface area is 229 Å². The highest BCUT2D eigenvalue weighted by Crippen LogP contribution is 2.32. The third-order valence-corrected chi connectivity index (χ3v) is 6.63. The van der Waals surface area contributed by atoms with Crippen LogP contribution in [0.15, 0.2) is 67.5 Å². The molecule has 6 heterocycles. The Hall–Kier alpha value is -4.86. The van der Waals surface area contributed by atoms with Crippen LogP contribution in [0.2, 0.25) is 0 Å². The molecule has 1 saturated heterocycles. The Morgan fingerprint density at radius 2 is 2.08 bits per heavy atom. The van der Waals surface area contributed by atoms with E-state index in [1.807, 2.05) is 36.1 Å². The molecule has 5 aromatic rings. The van der Waals surface area contributed by atoms with E-state index < -0.39 is 5.82 Å². The van der Waals surface area contributed by atoms with Crippen molar-refractivity contribution in [2.24, 2.45) is 0 Å². The largest absolute Gasteiger partial charge is 0.489 e. The predicted octanol–water partition coefficient (Wildman–Crippen LogP) is 3.51. The summed E-state index contributed by atoms with van der Waals surface area (Å²) in [7, 11) is 0. The summed E-state index contributed by atoms with van der Waals surface area (Å²) in [6.45, 7) is 5.29. The average Bonchev–Trinajstić information content (AvgIpc) is 3.63. The number of ether oxygens (including phenoxy) is 2. The molecule has 0 spiro atoms. The van der Waals surface area contributed by atoms with Crippen molar-refractivity contribution in [3.63, 3.8) is 0 Å². The highest BCUT2D eigenvalue weighted by molar-refractivity contribution is 5.85. The van der Waals surface area contributed by atoms with Crippen LogP contribution in [0.5, 0.6) is 5.75 Å². The number of pyridine rings is 3. The van der Waals surface area contributed by atoms with Gasteiger partial charge < -0.3 is 19.7 Å². The van der Waals surface area contributed by atoms with Crippen molar-refractivity contribution in [2.75, 3.05) is 37.7 Å². The lowest BCUT2D eigenvalue weighted by Gasteiger charge is -2.24. The Morgan fingerprint density at radius 3 is 2.75 bits per heavy atom. The Bertz CT molecular complexity index is 1650. The Morgan fingerprint density at radius 1 is 1.15 bits per heavy atom. The maximum Gasteiger partial charge on any atom is 0.161 e. The fraction of sp³-hybridized carbons (Fsp3) is 0.250. The molecular formula is C28H26FN9O2. The summed E-state index contributed by atoms with van der Waals surface area (Å²) >= 11 is 0. The first kappa shape index (κ1) is 25.4. The molecule has 11 nitrogen and oxygen atoms in total. The second kappa shape index (κ2) is 11.1. The van der Waals surface area contributed by atoms with Gasteiger partial charge in [0.05, 0.1) is 54.4 Å². The summed E-state index contributed by atoms with van der Waals surface area (Å²) in [5.41, 5.74) is 3.58. The van der Waals surface area contributed by atoms with Crippen molar-refractivity contribution in [1.29, 1.82) is 5.26 Å². The van der Waals surface area contributed by atoms with Crippen LogP contribution in [0.3, 0.4) is 0 Å². The fourth-order valence-corrected chi connectivity index (χ4v) is 4.68. The zero-order chi connectivity index (χ0) is 27.5. The first-order valence-electron chi connectivity index (χ1n) is 12.9. The summed E-state index contributed by atoms with van der Waals surface area (Å²) < 4.78 is 28.2. The van der Waals surface area contributed by atoms with E-state index >= 15 is 0 Å². The minimum absolute atomic E-state index is 0.0366.